The number of esters is 1. The molecule has 14 heavy (non-hydrogen) atoms. The lowest BCUT2D eigenvalue weighted by Crippen LogP contribution is -2.20. The van der Waals surface area contributed by atoms with E-state index in [9.17, 15) is 9.59 Å². The number of carboxylic acids is 1. The van der Waals surface area contributed by atoms with E-state index in [1.807, 2.05) is 0 Å². The summed E-state index contributed by atoms with van der Waals surface area (Å²) in [4.78, 5) is 21.1. The lowest BCUT2D eigenvalue weighted by atomic mass is 10.1. The Hall–Kier alpha value is -1.06. The molecular formula is C10H18O4. The van der Waals surface area contributed by atoms with Crippen molar-refractivity contribution < 1.29 is 19.4 Å². The van der Waals surface area contributed by atoms with Gasteiger partial charge in [0.05, 0.1) is 6.42 Å². The summed E-state index contributed by atoms with van der Waals surface area (Å²) in [5, 5.41) is 8.56. The van der Waals surface area contributed by atoms with Gasteiger partial charge in [-0.2, -0.15) is 0 Å². The number of rotatable bonds is 7. The van der Waals surface area contributed by atoms with E-state index in [4.69, 9.17) is 9.84 Å². The molecule has 4 nitrogen and oxygen atoms in total. The Morgan fingerprint density at radius 2 is 2.00 bits per heavy atom. The van der Waals surface area contributed by atoms with E-state index in [-0.39, 0.29) is 6.42 Å². The quantitative estimate of drug-likeness (QED) is 0.506. The molecule has 0 saturated carbocycles. The smallest absolute Gasteiger partial charge is 0.307 e. The minimum atomic E-state index is -0.923. The highest BCUT2D eigenvalue weighted by Gasteiger charge is 2.15. The summed E-state index contributed by atoms with van der Waals surface area (Å²) in [6, 6.07) is 0. The SMILES string of the molecule is CCCCCC(CC(=O)O)OC(C)=O. The molecule has 4 heteroatoms. The first-order valence-corrected chi connectivity index (χ1v) is 4.95. The predicted molar refractivity (Wildman–Crippen MR) is 51.9 cm³/mol. The molecule has 0 aromatic heterocycles. The third-order valence-electron chi connectivity index (χ3n) is 1.86. The van der Waals surface area contributed by atoms with Crippen molar-refractivity contribution in [3.8, 4) is 0 Å². The zero-order chi connectivity index (χ0) is 11.0. The zero-order valence-corrected chi connectivity index (χ0v) is 8.78. The molecule has 1 unspecified atom stereocenters. The molecule has 0 radical (unpaired) electrons. The van der Waals surface area contributed by atoms with Gasteiger partial charge in [-0.05, 0) is 12.8 Å². The lowest BCUT2D eigenvalue weighted by Gasteiger charge is -2.14. The highest BCUT2D eigenvalue weighted by atomic mass is 16.5. The third kappa shape index (κ3) is 7.58. The molecule has 0 spiro atoms. The van der Waals surface area contributed by atoms with Crippen molar-refractivity contribution in [2.24, 2.45) is 0 Å². The molecule has 0 rings (SSSR count). The summed E-state index contributed by atoms with van der Waals surface area (Å²) < 4.78 is 4.89. The Balaban J connectivity index is 3.84. The van der Waals surface area contributed by atoms with Crippen LogP contribution < -0.4 is 0 Å². The van der Waals surface area contributed by atoms with Crippen LogP contribution >= 0.6 is 0 Å². The van der Waals surface area contributed by atoms with Crippen molar-refractivity contribution in [3.05, 3.63) is 0 Å². The van der Waals surface area contributed by atoms with Gasteiger partial charge in [0.2, 0.25) is 0 Å². The Labute approximate surface area is 84.3 Å². The molecule has 0 aliphatic carbocycles. The van der Waals surface area contributed by atoms with Crippen LogP contribution in [0.4, 0.5) is 0 Å². The van der Waals surface area contributed by atoms with Gasteiger partial charge in [0.15, 0.2) is 0 Å². The van der Waals surface area contributed by atoms with Gasteiger partial charge in [-0.25, -0.2) is 0 Å². The van der Waals surface area contributed by atoms with Crippen LogP contribution in [-0.4, -0.2) is 23.1 Å². The first kappa shape index (κ1) is 12.9. The summed E-state index contributed by atoms with van der Waals surface area (Å²) in [6.45, 7) is 3.37. The Bertz CT molecular complexity index is 173. The molecule has 82 valence electrons. The van der Waals surface area contributed by atoms with Crippen LogP contribution in [0, 0.1) is 0 Å². The second kappa shape index (κ2) is 7.35. The van der Waals surface area contributed by atoms with E-state index in [1.165, 1.54) is 6.92 Å². The summed E-state index contributed by atoms with van der Waals surface area (Å²) in [7, 11) is 0. The van der Waals surface area contributed by atoms with Crippen LogP contribution in [0.3, 0.4) is 0 Å². The highest BCUT2D eigenvalue weighted by Crippen LogP contribution is 2.10. The Kier molecular flexibility index (Phi) is 6.80. The van der Waals surface area contributed by atoms with Gasteiger partial charge in [0.1, 0.15) is 6.10 Å². The first-order valence-electron chi connectivity index (χ1n) is 4.95. The molecule has 0 aromatic carbocycles. The summed E-state index contributed by atoms with van der Waals surface area (Å²) >= 11 is 0. The molecule has 0 aliphatic heterocycles. The summed E-state index contributed by atoms with van der Waals surface area (Å²) in [6.07, 6.45) is 3.10. The maximum Gasteiger partial charge on any atom is 0.307 e. The number of carboxylic acid groups (broad SMARTS) is 1. The van der Waals surface area contributed by atoms with Gasteiger partial charge in [0, 0.05) is 6.92 Å². The molecule has 1 N–H and O–H groups in total. The fraction of sp³-hybridized carbons (Fsp3) is 0.800. The average Bonchev–Trinajstić information content (AvgIpc) is 2.02. The minimum absolute atomic E-state index is 0.0940. The van der Waals surface area contributed by atoms with Crippen molar-refractivity contribution in [1.82, 2.24) is 0 Å². The molecule has 1 atom stereocenters. The lowest BCUT2D eigenvalue weighted by molar-refractivity contribution is -0.151. The van der Waals surface area contributed by atoms with Crippen LogP contribution in [0.5, 0.6) is 0 Å². The van der Waals surface area contributed by atoms with Gasteiger partial charge in [0.25, 0.3) is 0 Å². The largest absolute Gasteiger partial charge is 0.481 e. The van der Waals surface area contributed by atoms with Crippen LogP contribution in [0.15, 0.2) is 0 Å². The second-order valence-corrected chi connectivity index (χ2v) is 3.33. The van der Waals surface area contributed by atoms with Crippen LogP contribution in [0.25, 0.3) is 0 Å². The number of aliphatic carboxylic acids is 1. The van der Waals surface area contributed by atoms with E-state index in [2.05, 4.69) is 6.92 Å². The fourth-order valence-electron chi connectivity index (χ4n) is 1.25. The maximum absolute atomic E-state index is 10.7. The zero-order valence-electron chi connectivity index (χ0n) is 8.78. The van der Waals surface area contributed by atoms with E-state index in [1.54, 1.807) is 0 Å². The van der Waals surface area contributed by atoms with Crippen molar-refractivity contribution in [2.75, 3.05) is 0 Å². The Morgan fingerprint density at radius 3 is 2.43 bits per heavy atom. The molecule has 0 fully saturated rings. The van der Waals surface area contributed by atoms with Crippen LogP contribution in [0.2, 0.25) is 0 Å². The van der Waals surface area contributed by atoms with E-state index in [0.717, 1.165) is 19.3 Å². The Morgan fingerprint density at radius 1 is 1.36 bits per heavy atom. The van der Waals surface area contributed by atoms with Crippen molar-refractivity contribution in [3.63, 3.8) is 0 Å². The van der Waals surface area contributed by atoms with Gasteiger partial charge in [-0.15, -0.1) is 0 Å². The second-order valence-electron chi connectivity index (χ2n) is 3.33. The number of carbonyl (C=O) groups is 2. The van der Waals surface area contributed by atoms with Crippen LogP contribution in [0.1, 0.15) is 46.0 Å². The predicted octanol–water partition coefficient (Wildman–Crippen LogP) is 1.97. The van der Waals surface area contributed by atoms with Gasteiger partial charge >= 0.3 is 11.9 Å². The van der Waals surface area contributed by atoms with E-state index < -0.39 is 18.0 Å². The molecule has 0 amide bonds. The fourth-order valence-corrected chi connectivity index (χ4v) is 1.25. The number of ether oxygens (including phenoxy) is 1. The number of hydrogen-bond donors (Lipinski definition) is 1. The maximum atomic E-state index is 10.7. The third-order valence-corrected chi connectivity index (χ3v) is 1.86. The molecule has 0 aliphatic rings. The molecule has 0 heterocycles. The standard InChI is InChI=1S/C10H18O4/c1-3-4-5-6-9(7-10(12)13)14-8(2)11/h9H,3-7H2,1-2H3,(H,12,13). The van der Waals surface area contributed by atoms with Crippen molar-refractivity contribution in [1.29, 1.82) is 0 Å². The number of unbranched alkanes of at least 4 members (excludes halogenated alkanes) is 2. The molecule has 0 bridgehead atoms. The normalized spacial score (nSPS) is 12.1. The monoisotopic (exact) mass is 202 g/mol. The topological polar surface area (TPSA) is 63.6 Å². The number of hydrogen-bond acceptors (Lipinski definition) is 3. The van der Waals surface area contributed by atoms with E-state index >= 15 is 0 Å². The van der Waals surface area contributed by atoms with Gasteiger partial charge < -0.3 is 9.84 Å². The molecular weight excluding hydrogens is 184 g/mol. The average molecular weight is 202 g/mol. The van der Waals surface area contributed by atoms with Crippen molar-refractivity contribution in [2.45, 2.75) is 52.1 Å². The van der Waals surface area contributed by atoms with E-state index in [0.29, 0.717) is 6.42 Å². The van der Waals surface area contributed by atoms with Crippen LogP contribution in [-0.2, 0) is 14.3 Å². The van der Waals surface area contributed by atoms with Gasteiger partial charge in [-0.1, -0.05) is 19.8 Å². The molecule has 0 saturated heterocycles. The minimum Gasteiger partial charge on any atom is -0.481 e. The summed E-state index contributed by atoms with van der Waals surface area (Å²) in [5.74, 6) is -1.33. The summed E-state index contributed by atoms with van der Waals surface area (Å²) in [5.41, 5.74) is 0. The van der Waals surface area contributed by atoms with Crippen molar-refractivity contribution >= 4 is 11.9 Å². The molecule has 0 aromatic rings. The van der Waals surface area contributed by atoms with Gasteiger partial charge in [-0.3, -0.25) is 9.59 Å². The first-order chi connectivity index (χ1) is 6.56. The number of carbonyl (C=O) groups excluding carboxylic acids is 1. The highest BCUT2D eigenvalue weighted by molar-refractivity contribution is 5.69.